The molecule has 0 saturated carbocycles. The van der Waals surface area contributed by atoms with E-state index in [-0.39, 0.29) is 1.43 Å². The van der Waals surface area contributed by atoms with E-state index in [1.807, 2.05) is 12.3 Å². The van der Waals surface area contributed by atoms with Crippen molar-refractivity contribution >= 4 is 5.65 Å². The maximum atomic E-state index is 4.44. The van der Waals surface area contributed by atoms with Gasteiger partial charge in [-0.3, -0.25) is 0 Å². The maximum Gasteiger partial charge on any atom is 0.136 e. The van der Waals surface area contributed by atoms with Crippen LogP contribution in [0.4, 0.5) is 0 Å². The van der Waals surface area contributed by atoms with Gasteiger partial charge >= 0.3 is 0 Å². The van der Waals surface area contributed by atoms with Crippen molar-refractivity contribution in [3.63, 3.8) is 0 Å². The number of aryl methyl sites for hydroxylation is 1. The molecule has 1 aromatic carbocycles. The molecule has 3 aromatic rings. The van der Waals surface area contributed by atoms with Gasteiger partial charge in [0, 0.05) is 20.7 Å². The summed E-state index contributed by atoms with van der Waals surface area (Å²) in [4.78, 5) is 4.44. The molecule has 0 amide bonds. The van der Waals surface area contributed by atoms with E-state index in [4.69, 9.17) is 0 Å². The summed E-state index contributed by atoms with van der Waals surface area (Å²) in [5.74, 6) is 0. The van der Waals surface area contributed by atoms with E-state index in [9.17, 15) is 0 Å². The molecule has 0 spiro atoms. The molecule has 0 aliphatic rings. The first-order chi connectivity index (χ1) is 9.86. The van der Waals surface area contributed by atoms with Crippen LogP contribution in [0, 0.1) is 0 Å². The van der Waals surface area contributed by atoms with Crippen LogP contribution in [-0.4, -0.2) is 9.38 Å². The zero-order chi connectivity index (χ0) is 13.8. The minimum atomic E-state index is 0. The standard InChI is InChI=1S/C17H19N3.H2/c1-2-14-8-9-17-19-12-16(20(17)13-14)11-18-10-15-6-4-3-5-7-15;/h3-9,12-13,18H,2,10-11H2,1H3;1H. The van der Waals surface area contributed by atoms with Crippen molar-refractivity contribution < 1.29 is 1.43 Å². The minimum absolute atomic E-state index is 0. The van der Waals surface area contributed by atoms with E-state index in [1.165, 1.54) is 16.8 Å². The molecule has 3 nitrogen and oxygen atoms in total. The Kier molecular flexibility index (Phi) is 3.79. The molecular formula is C17H21N3. The van der Waals surface area contributed by atoms with Gasteiger partial charge in [-0.25, -0.2) is 4.98 Å². The van der Waals surface area contributed by atoms with E-state index < -0.39 is 0 Å². The van der Waals surface area contributed by atoms with Crippen LogP contribution in [-0.2, 0) is 19.5 Å². The van der Waals surface area contributed by atoms with Crippen LogP contribution in [0.25, 0.3) is 5.65 Å². The molecule has 2 aromatic heterocycles. The summed E-state index contributed by atoms with van der Waals surface area (Å²) in [6.45, 7) is 3.87. The lowest BCUT2D eigenvalue weighted by molar-refractivity contribution is 0.675. The number of benzene rings is 1. The van der Waals surface area contributed by atoms with Gasteiger partial charge in [-0.2, -0.15) is 0 Å². The van der Waals surface area contributed by atoms with Gasteiger partial charge in [0.15, 0.2) is 0 Å². The van der Waals surface area contributed by atoms with Crippen LogP contribution >= 0.6 is 0 Å². The predicted octanol–water partition coefficient (Wildman–Crippen LogP) is 3.43. The second-order valence-corrected chi connectivity index (χ2v) is 4.96. The van der Waals surface area contributed by atoms with Gasteiger partial charge < -0.3 is 9.72 Å². The van der Waals surface area contributed by atoms with Crippen molar-refractivity contribution in [1.82, 2.24) is 14.7 Å². The van der Waals surface area contributed by atoms with Gasteiger partial charge in [0.25, 0.3) is 0 Å². The molecule has 3 heteroatoms. The summed E-state index contributed by atoms with van der Waals surface area (Å²) in [6, 6.07) is 14.7. The lowest BCUT2D eigenvalue weighted by Gasteiger charge is -2.06. The molecule has 0 atom stereocenters. The monoisotopic (exact) mass is 267 g/mol. The fraction of sp³-hybridized carbons (Fsp3) is 0.235. The number of pyridine rings is 1. The Morgan fingerprint density at radius 2 is 1.90 bits per heavy atom. The van der Waals surface area contributed by atoms with Gasteiger partial charge in [0.1, 0.15) is 5.65 Å². The lowest BCUT2D eigenvalue weighted by Crippen LogP contribution is -2.14. The highest BCUT2D eigenvalue weighted by molar-refractivity contribution is 5.41. The molecule has 3 rings (SSSR count). The average molecular weight is 267 g/mol. The van der Waals surface area contributed by atoms with E-state index in [1.54, 1.807) is 0 Å². The maximum absolute atomic E-state index is 4.44. The summed E-state index contributed by atoms with van der Waals surface area (Å²) < 4.78 is 2.18. The van der Waals surface area contributed by atoms with E-state index in [0.29, 0.717) is 0 Å². The van der Waals surface area contributed by atoms with Gasteiger partial charge in [-0.15, -0.1) is 0 Å². The van der Waals surface area contributed by atoms with Crippen LogP contribution in [0.2, 0.25) is 0 Å². The molecule has 0 saturated heterocycles. The second-order valence-electron chi connectivity index (χ2n) is 4.96. The Hall–Kier alpha value is -2.13. The Labute approximate surface area is 120 Å². The predicted molar refractivity (Wildman–Crippen MR) is 83.7 cm³/mol. The molecule has 2 heterocycles. The van der Waals surface area contributed by atoms with Crippen LogP contribution in [0.5, 0.6) is 0 Å². The van der Waals surface area contributed by atoms with E-state index in [2.05, 4.69) is 64.2 Å². The SMILES string of the molecule is CCc1ccc2ncc(CNCc3ccccc3)n2c1.[HH]. The molecule has 20 heavy (non-hydrogen) atoms. The van der Waals surface area contributed by atoms with Crippen molar-refractivity contribution in [3.8, 4) is 0 Å². The molecule has 0 unspecified atom stereocenters. The van der Waals surface area contributed by atoms with Crippen LogP contribution in [0.1, 0.15) is 25.2 Å². The first-order valence-electron chi connectivity index (χ1n) is 7.06. The Balaban J connectivity index is 0.00000161. The molecule has 1 N–H and O–H groups in total. The molecule has 0 radical (unpaired) electrons. The van der Waals surface area contributed by atoms with Crippen molar-refractivity contribution in [2.45, 2.75) is 26.4 Å². The number of imidazole rings is 1. The normalized spacial score (nSPS) is 11.1. The van der Waals surface area contributed by atoms with Crippen molar-refractivity contribution in [3.05, 3.63) is 71.7 Å². The number of hydrogen-bond acceptors (Lipinski definition) is 2. The lowest BCUT2D eigenvalue weighted by atomic mass is 10.2. The molecule has 0 bridgehead atoms. The van der Waals surface area contributed by atoms with Crippen molar-refractivity contribution in [1.29, 1.82) is 0 Å². The highest BCUT2D eigenvalue weighted by Crippen LogP contribution is 2.10. The molecule has 104 valence electrons. The van der Waals surface area contributed by atoms with Crippen LogP contribution < -0.4 is 5.32 Å². The zero-order valence-electron chi connectivity index (χ0n) is 11.7. The van der Waals surface area contributed by atoms with Crippen molar-refractivity contribution in [2.75, 3.05) is 0 Å². The topological polar surface area (TPSA) is 29.3 Å². The Bertz CT molecular complexity index is 692. The summed E-state index contributed by atoms with van der Waals surface area (Å²) in [6.07, 6.45) is 5.18. The summed E-state index contributed by atoms with van der Waals surface area (Å²) in [5.41, 5.74) is 4.85. The van der Waals surface area contributed by atoms with Crippen molar-refractivity contribution in [2.24, 2.45) is 0 Å². The van der Waals surface area contributed by atoms with E-state index >= 15 is 0 Å². The summed E-state index contributed by atoms with van der Waals surface area (Å²) in [7, 11) is 0. The van der Waals surface area contributed by atoms with Crippen LogP contribution in [0.3, 0.4) is 0 Å². The Morgan fingerprint density at radius 1 is 1.05 bits per heavy atom. The molecule has 0 aliphatic carbocycles. The largest absolute Gasteiger partial charge is 0.307 e. The number of nitrogens with one attached hydrogen (secondary N) is 1. The third kappa shape index (κ3) is 2.73. The highest BCUT2D eigenvalue weighted by atomic mass is 15.0. The summed E-state index contributed by atoms with van der Waals surface area (Å²) in [5, 5.41) is 3.47. The van der Waals surface area contributed by atoms with Gasteiger partial charge in [0.05, 0.1) is 11.9 Å². The number of hydrogen-bond donors (Lipinski definition) is 1. The smallest absolute Gasteiger partial charge is 0.136 e. The number of aromatic nitrogens is 2. The average Bonchev–Trinajstić information content (AvgIpc) is 2.91. The minimum Gasteiger partial charge on any atom is -0.307 e. The molecular weight excluding hydrogens is 246 g/mol. The van der Waals surface area contributed by atoms with Crippen LogP contribution in [0.15, 0.2) is 54.9 Å². The highest BCUT2D eigenvalue weighted by Gasteiger charge is 2.03. The molecule has 0 fully saturated rings. The van der Waals surface area contributed by atoms with Gasteiger partial charge in [0.2, 0.25) is 0 Å². The fourth-order valence-corrected chi connectivity index (χ4v) is 2.35. The van der Waals surface area contributed by atoms with Gasteiger partial charge in [-0.1, -0.05) is 43.3 Å². The fourth-order valence-electron chi connectivity index (χ4n) is 2.35. The number of rotatable bonds is 5. The first-order valence-corrected chi connectivity index (χ1v) is 7.06. The zero-order valence-corrected chi connectivity index (χ0v) is 11.7. The summed E-state index contributed by atoms with van der Waals surface area (Å²) >= 11 is 0. The molecule has 0 aliphatic heterocycles. The van der Waals surface area contributed by atoms with Gasteiger partial charge in [-0.05, 0) is 23.6 Å². The number of fused-ring (bicyclic) bond motifs is 1. The number of nitrogens with zero attached hydrogens (tertiary/aromatic N) is 2. The van der Waals surface area contributed by atoms with E-state index in [0.717, 1.165) is 25.2 Å². The Morgan fingerprint density at radius 3 is 2.70 bits per heavy atom. The first kappa shape index (κ1) is 12.9. The third-order valence-electron chi connectivity index (χ3n) is 3.53. The quantitative estimate of drug-likeness (QED) is 0.767. The third-order valence-corrected chi connectivity index (χ3v) is 3.53. The second kappa shape index (κ2) is 5.88.